The molecular weight excluding hydrogens is 242 g/mol. The summed E-state index contributed by atoms with van der Waals surface area (Å²) >= 11 is 0. The summed E-state index contributed by atoms with van der Waals surface area (Å²) in [4.78, 5) is 0. The van der Waals surface area contributed by atoms with E-state index in [0.717, 1.165) is 25.1 Å². The number of oxime groups is 1. The molecule has 0 saturated heterocycles. The van der Waals surface area contributed by atoms with Gasteiger partial charge in [-0.25, -0.2) is 0 Å². The van der Waals surface area contributed by atoms with Gasteiger partial charge >= 0.3 is 0 Å². The minimum absolute atomic E-state index is 0.238. The van der Waals surface area contributed by atoms with Gasteiger partial charge in [0, 0.05) is 12.5 Å². The second kappa shape index (κ2) is 8.37. The van der Waals surface area contributed by atoms with Gasteiger partial charge in [0.15, 0.2) is 0 Å². The Labute approximate surface area is 114 Å². The fraction of sp³-hybridized carbons (Fsp3) is 0.500. The Bertz CT molecular complexity index is 407. The van der Waals surface area contributed by atoms with Crippen molar-refractivity contribution in [2.24, 2.45) is 10.9 Å². The number of benzene rings is 1. The molecule has 5 nitrogen and oxygen atoms in total. The summed E-state index contributed by atoms with van der Waals surface area (Å²) in [5, 5.41) is 15.0. The van der Waals surface area contributed by atoms with E-state index in [2.05, 4.69) is 23.5 Å². The summed E-state index contributed by atoms with van der Waals surface area (Å²) in [6, 6.07) is 8.27. The smallest absolute Gasteiger partial charge is 0.140 e. The van der Waals surface area contributed by atoms with Crippen molar-refractivity contribution in [3.8, 4) is 5.75 Å². The van der Waals surface area contributed by atoms with Crippen molar-refractivity contribution in [2.45, 2.75) is 32.2 Å². The number of rotatable bonds is 8. The molecular formula is C14H23N3O2. The summed E-state index contributed by atoms with van der Waals surface area (Å²) in [5.41, 5.74) is 6.74. The van der Waals surface area contributed by atoms with Crippen LogP contribution in [0.5, 0.6) is 5.75 Å². The van der Waals surface area contributed by atoms with Crippen LogP contribution in [0.25, 0.3) is 0 Å². The maximum Gasteiger partial charge on any atom is 0.140 e. The first kappa shape index (κ1) is 15.3. The zero-order valence-electron chi connectivity index (χ0n) is 11.6. The number of nitrogens with one attached hydrogen (secondary N) is 1. The average Bonchev–Trinajstić information content (AvgIpc) is 2.46. The molecule has 5 heteroatoms. The monoisotopic (exact) mass is 265 g/mol. The molecule has 1 atom stereocenters. The number of amidine groups is 1. The Morgan fingerprint density at radius 3 is 2.95 bits per heavy atom. The van der Waals surface area contributed by atoms with E-state index in [9.17, 15) is 0 Å². The van der Waals surface area contributed by atoms with E-state index >= 15 is 0 Å². The van der Waals surface area contributed by atoms with Gasteiger partial charge in [0.1, 0.15) is 11.6 Å². The number of nitrogens with two attached hydrogens (primary N) is 1. The van der Waals surface area contributed by atoms with Crippen LogP contribution in [0.4, 0.5) is 0 Å². The van der Waals surface area contributed by atoms with Crippen molar-refractivity contribution in [1.29, 1.82) is 0 Å². The molecule has 1 unspecified atom stereocenters. The minimum Gasteiger partial charge on any atom is -0.497 e. The molecule has 1 aromatic rings. The molecule has 4 N–H and O–H groups in total. The molecule has 0 fully saturated rings. The zero-order valence-corrected chi connectivity index (χ0v) is 11.6. The third kappa shape index (κ3) is 5.61. The number of hydrogen-bond donors (Lipinski definition) is 3. The van der Waals surface area contributed by atoms with Gasteiger partial charge in [-0.15, -0.1) is 0 Å². The normalized spacial score (nSPS) is 13.3. The summed E-state index contributed by atoms with van der Waals surface area (Å²) < 4.78 is 5.19. The van der Waals surface area contributed by atoms with E-state index in [1.54, 1.807) is 7.11 Å². The topological polar surface area (TPSA) is 79.9 Å². The maximum absolute atomic E-state index is 8.56. The molecule has 0 saturated carbocycles. The minimum atomic E-state index is 0.238. The van der Waals surface area contributed by atoms with Crippen LogP contribution in [-0.4, -0.2) is 30.7 Å². The molecule has 0 radical (unpaired) electrons. The molecule has 0 spiro atoms. The lowest BCUT2D eigenvalue weighted by atomic mass is 10.1. The number of methoxy groups -OCH3 is 1. The van der Waals surface area contributed by atoms with Gasteiger partial charge in [0.05, 0.1) is 7.11 Å². The molecule has 0 aliphatic carbocycles. The van der Waals surface area contributed by atoms with Gasteiger partial charge in [-0.1, -0.05) is 24.2 Å². The highest BCUT2D eigenvalue weighted by atomic mass is 16.5. The molecule has 0 aliphatic rings. The Balaban J connectivity index is 2.39. The van der Waals surface area contributed by atoms with Gasteiger partial charge in [-0.2, -0.15) is 0 Å². The number of hydrogen-bond acceptors (Lipinski definition) is 4. The van der Waals surface area contributed by atoms with Gasteiger partial charge in [-0.3, -0.25) is 0 Å². The van der Waals surface area contributed by atoms with Crippen LogP contribution in [0.15, 0.2) is 29.4 Å². The molecule has 0 amide bonds. The summed E-state index contributed by atoms with van der Waals surface area (Å²) in [5.74, 6) is 1.14. The number of nitrogens with zero attached hydrogens (tertiary/aromatic N) is 1. The first-order valence-corrected chi connectivity index (χ1v) is 6.52. The first-order chi connectivity index (χ1) is 9.19. The van der Waals surface area contributed by atoms with Crippen molar-refractivity contribution in [3.05, 3.63) is 29.8 Å². The van der Waals surface area contributed by atoms with Crippen molar-refractivity contribution < 1.29 is 9.94 Å². The predicted octanol–water partition coefficient (Wildman–Crippen LogP) is 1.74. The average molecular weight is 265 g/mol. The summed E-state index contributed by atoms with van der Waals surface area (Å²) in [7, 11) is 1.67. The lowest BCUT2D eigenvalue weighted by Gasteiger charge is -2.16. The van der Waals surface area contributed by atoms with Crippen molar-refractivity contribution >= 4 is 5.84 Å². The van der Waals surface area contributed by atoms with E-state index in [1.165, 1.54) is 5.56 Å². The maximum atomic E-state index is 8.56. The lowest BCUT2D eigenvalue weighted by molar-refractivity contribution is 0.315. The standard InChI is InChI=1S/C14H23N3O2/c1-3-12(10-14(15)17-18)16-8-7-11-5-4-6-13(9-11)19-2/h4-6,9,12,16,18H,3,7-8,10H2,1-2H3,(H2,15,17). The summed E-state index contributed by atoms with van der Waals surface area (Å²) in [6.07, 6.45) is 2.42. The van der Waals surface area contributed by atoms with Crippen LogP contribution >= 0.6 is 0 Å². The van der Waals surface area contributed by atoms with Crippen LogP contribution in [0, 0.1) is 0 Å². The van der Waals surface area contributed by atoms with Crippen molar-refractivity contribution in [3.63, 3.8) is 0 Å². The van der Waals surface area contributed by atoms with E-state index in [4.69, 9.17) is 15.7 Å². The highest BCUT2D eigenvalue weighted by Crippen LogP contribution is 2.12. The predicted molar refractivity (Wildman–Crippen MR) is 76.8 cm³/mol. The first-order valence-electron chi connectivity index (χ1n) is 6.52. The highest BCUT2D eigenvalue weighted by molar-refractivity contribution is 5.80. The Kier molecular flexibility index (Phi) is 6.74. The van der Waals surface area contributed by atoms with Gasteiger partial charge in [0.25, 0.3) is 0 Å². The van der Waals surface area contributed by atoms with Gasteiger partial charge in [-0.05, 0) is 37.1 Å². The van der Waals surface area contributed by atoms with Crippen LogP contribution < -0.4 is 15.8 Å². The highest BCUT2D eigenvalue weighted by Gasteiger charge is 2.08. The Morgan fingerprint density at radius 2 is 2.32 bits per heavy atom. The number of ether oxygens (including phenoxy) is 1. The van der Waals surface area contributed by atoms with Crippen LogP contribution in [0.2, 0.25) is 0 Å². The molecule has 106 valence electrons. The molecule has 1 aromatic carbocycles. The van der Waals surface area contributed by atoms with Gasteiger partial charge < -0.3 is 21.0 Å². The van der Waals surface area contributed by atoms with Crippen molar-refractivity contribution in [1.82, 2.24) is 5.32 Å². The van der Waals surface area contributed by atoms with Crippen LogP contribution in [-0.2, 0) is 6.42 Å². The van der Waals surface area contributed by atoms with Gasteiger partial charge in [0.2, 0.25) is 0 Å². The zero-order chi connectivity index (χ0) is 14.1. The molecule has 0 aliphatic heterocycles. The molecule has 19 heavy (non-hydrogen) atoms. The molecule has 1 rings (SSSR count). The van der Waals surface area contributed by atoms with E-state index in [-0.39, 0.29) is 11.9 Å². The molecule has 0 heterocycles. The largest absolute Gasteiger partial charge is 0.497 e. The van der Waals surface area contributed by atoms with Crippen molar-refractivity contribution in [2.75, 3.05) is 13.7 Å². The Morgan fingerprint density at radius 1 is 1.53 bits per heavy atom. The van der Waals surface area contributed by atoms with E-state index in [0.29, 0.717) is 6.42 Å². The quantitative estimate of drug-likeness (QED) is 0.289. The third-order valence-electron chi connectivity index (χ3n) is 3.06. The van der Waals surface area contributed by atoms with E-state index in [1.807, 2.05) is 18.2 Å². The van der Waals surface area contributed by atoms with E-state index < -0.39 is 0 Å². The fourth-order valence-electron chi connectivity index (χ4n) is 1.90. The Hall–Kier alpha value is -1.75. The third-order valence-corrected chi connectivity index (χ3v) is 3.06. The second-order valence-electron chi connectivity index (χ2n) is 4.46. The molecule has 0 bridgehead atoms. The fourth-order valence-corrected chi connectivity index (χ4v) is 1.90. The van der Waals surface area contributed by atoms with Crippen LogP contribution in [0.3, 0.4) is 0 Å². The second-order valence-corrected chi connectivity index (χ2v) is 4.46. The SMILES string of the molecule is CCC(C/C(N)=N/O)NCCc1cccc(OC)c1. The summed E-state index contributed by atoms with van der Waals surface area (Å²) in [6.45, 7) is 2.93. The molecule has 0 aromatic heterocycles. The lowest BCUT2D eigenvalue weighted by Crippen LogP contribution is -2.34. The van der Waals surface area contributed by atoms with Crippen LogP contribution in [0.1, 0.15) is 25.3 Å².